The Balaban J connectivity index is 1.91. The van der Waals surface area contributed by atoms with Gasteiger partial charge in [0.25, 0.3) is 0 Å². The summed E-state index contributed by atoms with van der Waals surface area (Å²) in [7, 11) is 0. The van der Waals surface area contributed by atoms with Gasteiger partial charge in [0.2, 0.25) is 0 Å². The van der Waals surface area contributed by atoms with Crippen molar-refractivity contribution in [2.24, 2.45) is 0 Å². The summed E-state index contributed by atoms with van der Waals surface area (Å²) in [6.07, 6.45) is 9.61. The summed E-state index contributed by atoms with van der Waals surface area (Å²) < 4.78 is 10.6. The molecule has 0 spiro atoms. The van der Waals surface area contributed by atoms with E-state index in [4.69, 9.17) is 9.47 Å². The van der Waals surface area contributed by atoms with Gasteiger partial charge in [-0.15, -0.1) is 0 Å². The first-order valence-electron chi connectivity index (χ1n) is 4.63. The second-order valence-corrected chi connectivity index (χ2v) is 3.46. The van der Waals surface area contributed by atoms with Gasteiger partial charge in [-0.1, -0.05) is 17.7 Å². The second-order valence-electron chi connectivity index (χ2n) is 3.46. The molecule has 0 amide bonds. The number of rotatable bonds is 3. The number of hydrogen-bond donors (Lipinski definition) is 0. The van der Waals surface area contributed by atoms with Crippen molar-refractivity contribution in [1.29, 1.82) is 0 Å². The highest BCUT2D eigenvalue weighted by Crippen LogP contribution is 2.15. The first kappa shape index (κ1) is 8.57. The molecule has 0 aromatic rings. The maximum atomic E-state index is 5.57. The van der Waals surface area contributed by atoms with E-state index < -0.39 is 0 Å². The van der Waals surface area contributed by atoms with Crippen LogP contribution in [0.25, 0.3) is 0 Å². The zero-order valence-corrected chi connectivity index (χ0v) is 7.82. The van der Waals surface area contributed by atoms with Gasteiger partial charge in [-0.3, -0.25) is 0 Å². The van der Waals surface area contributed by atoms with Gasteiger partial charge < -0.3 is 9.47 Å². The summed E-state index contributed by atoms with van der Waals surface area (Å²) in [5.74, 6) is 0.946. The third kappa shape index (κ3) is 2.74. The molecule has 0 bridgehead atoms. The summed E-state index contributed by atoms with van der Waals surface area (Å²) in [4.78, 5) is 0. The van der Waals surface area contributed by atoms with Crippen LogP contribution >= 0.6 is 0 Å². The van der Waals surface area contributed by atoms with Crippen LogP contribution in [-0.2, 0) is 9.47 Å². The molecule has 1 atom stereocenters. The molecule has 2 aliphatic rings. The van der Waals surface area contributed by atoms with E-state index in [1.54, 1.807) is 0 Å². The van der Waals surface area contributed by atoms with Crippen LogP contribution in [0.3, 0.4) is 0 Å². The highest BCUT2D eigenvalue weighted by atomic mass is 16.6. The van der Waals surface area contributed by atoms with E-state index in [-0.39, 0.29) is 0 Å². The molecule has 0 aromatic heterocycles. The van der Waals surface area contributed by atoms with Gasteiger partial charge in [0, 0.05) is 0 Å². The summed E-state index contributed by atoms with van der Waals surface area (Å²) in [5, 5.41) is 0. The Morgan fingerprint density at radius 3 is 3.23 bits per heavy atom. The van der Waals surface area contributed by atoms with E-state index in [0.29, 0.717) is 12.7 Å². The number of epoxide rings is 1. The van der Waals surface area contributed by atoms with E-state index >= 15 is 0 Å². The van der Waals surface area contributed by atoms with Crippen molar-refractivity contribution >= 4 is 0 Å². The molecule has 2 heteroatoms. The molecule has 1 heterocycles. The topological polar surface area (TPSA) is 21.8 Å². The Bertz CT molecular complexity index is 270. The molecule has 2 nitrogen and oxygen atoms in total. The molecule has 70 valence electrons. The molecule has 0 radical (unpaired) electrons. The molecule has 0 N–H and O–H groups in total. The van der Waals surface area contributed by atoms with Crippen LogP contribution in [0.2, 0.25) is 0 Å². The van der Waals surface area contributed by atoms with Crippen molar-refractivity contribution in [2.45, 2.75) is 19.4 Å². The smallest absolute Gasteiger partial charge is 0.119 e. The van der Waals surface area contributed by atoms with Crippen molar-refractivity contribution in [3.05, 3.63) is 35.6 Å². The number of hydrogen-bond acceptors (Lipinski definition) is 2. The molecular weight excluding hydrogens is 164 g/mol. The van der Waals surface area contributed by atoms with E-state index in [1.165, 1.54) is 5.57 Å². The molecule has 1 saturated heterocycles. The van der Waals surface area contributed by atoms with Gasteiger partial charge in [0.05, 0.1) is 6.61 Å². The van der Waals surface area contributed by atoms with Gasteiger partial charge in [0.1, 0.15) is 18.5 Å². The van der Waals surface area contributed by atoms with Crippen LogP contribution < -0.4 is 0 Å². The highest BCUT2D eigenvalue weighted by Gasteiger charge is 2.23. The predicted molar refractivity (Wildman–Crippen MR) is 51.3 cm³/mol. The van der Waals surface area contributed by atoms with Crippen LogP contribution in [-0.4, -0.2) is 19.3 Å². The fourth-order valence-corrected chi connectivity index (χ4v) is 1.21. The quantitative estimate of drug-likeness (QED) is 0.618. The fourth-order valence-electron chi connectivity index (χ4n) is 1.21. The minimum absolute atomic E-state index is 0.335. The van der Waals surface area contributed by atoms with Crippen molar-refractivity contribution in [3.63, 3.8) is 0 Å². The average molecular weight is 178 g/mol. The largest absolute Gasteiger partial charge is 0.491 e. The zero-order valence-electron chi connectivity index (χ0n) is 7.82. The molecule has 1 unspecified atom stereocenters. The standard InChI is InChI=1S/C11H14O2/c1-9-4-2-3-5-10(6-9)12-7-11-8-13-11/h2-3,5-6,11H,4,7-8H2,1H3. The zero-order chi connectivity index (χ0) is 9.10. The average Bonchev–Trinajstić information content (AvgIpc) is 2.88. The van der Waals surface area contributed by atoms with Crippen LogP contribution in [0.1, 0.15) is 13.3 Å². The van der Waals surface area contributed by atoms with Gasteiger partial charge in [-0.2, -0.15) is 0 Å². The molecular formula is C11H14O2. The molecule has 1 fully saturated rings. The first-order valence-corrected chi connectivity index (χ1v) is 4.63. The van der Waals surface area contributed by atoms with Crippen LogP contribution in [0, 0.1) is 0 Å². The Hall–Kier alpha value is -1.02. The molecule has 0 aromatic carbocycles. The lowest BCUT2D eigenvalue weighted by atomic mass is 10.2. The van der Waals surface area contributed by atoms with Gasteiger partial charge in [-0.05, 0) is 25.5 Å². The maximum absolute atomic E-state index is 5.57. The fraction of sp³-hybridized carbons (Fsp3) is 0.455. The number of allylic oxidation sites excluding steroid dienone is 5. The maximum Gasteiger partial charge on any atom is 0.119 e. The number of ether oxygens (including phenoxy) is 2. The minimum atomic E-state index is 0.335. The van der Waals surface area contributed by atoms with E-state index in [1.807, 2.05) is 12.2 Å². The van der Waals surface area contributed by atoms with Crippen LogP contribution in [0.15, 0.2) is 35.6 Å². The normalized spacial score (nSPS) is 26.1. The Kier molecular flexibility index (Phi) is 2.50. The SMILES string of the molecule is CC1=CC(OCC2CO2)=CC=CC1. The van der Waals surface area contributed by atoms with Gasteiger partial charge in [-0.25, -0.2) is 0 Å². The van der Waals surface area contributed by atoms with E-state index in [2.05, 4.69) is 19.1 Å². The summed E-state index contributed by atoms with van der Waals surface area (Å²) in [5.41, 5.74) is 1.33. The van der Waals surface area contributed by atoms with Crippen molar-refractivity contribution < 1.29 is 9.47 Å². The molecule has 2 rings (SSSR count). The summed E-state index contributed by atoms with van der Waals surface area (Å²) >= 11 is 0. The molecule has 0 saturated carbocycles. The Morgan fingerprint density at radius 2 is 2.46 bits per heavy atom. The minimum Gasteiger partial charge on any atom is -0.491 e. The van der Waals surface area contributed by atoms with E-state index in [9.17, 15) is 0 Å². The molecule has 1 aliphatic carbocycles. The first-order chi connectivity index (χ1) is 6.34. The summed E-state index contributed by atoms with van der Waals surface area (Å²) in [6, 6.07) is 0. The third-order valence-electron chi connectivity index (χ3n) is 2.06. The van der Waals surface area contributed by atoms with Crippen LogP contribution in [0.4, 0.5) is 0 Å². The monoisotopic (exact) mass is 178 g/mol. The van der Waals surface area contributed by atoms with Crippen molar-refractivity contribution in [3.8, 4) is 0 Å². The lowest BCUT2D eigenvalue weighted by molar-refractivity contribution is 0.193. The van der Waals surface area contributed by atoms with Gasteiger partial charge >= 0.3 is 0 Å². The summed E-state index contributed by atoms with van der Waals surface area (Å²) in [6.45, 7) is 3.65. The second kappa shape index (κ2) is 3.79. The van der Waals surface area contributed by atoms with E-state index in [0.717, 1.165) is 18.8 Å². The highest BCUT2D eigenvalue weighted by molar-refractivity contribution is 5.27. The van der Waals surface area contributed by atoms with Crippen molar-refractivity contribution in [1.82, 2.24) is 0 Å². The molecule has 13 heavy (non-hydrogen) atoms. The van der Waals surface area contributed by atoms with Crippen molar-refractivity contribution in [2.75, 3.05) is 13.2 Å². The van der Waals surface area contributed by atoms with Gasteiger partial charge in [0.15, 0.2) is 0 Å². The Labute approximate surface area is 78.5 Å². The lowest BCUT2D eigenvalue weighted by Gasteiger charge is -2.04. The Morgan fingerprint density at radius 1 is 1.62 bits per heavy atom. The third-order valence-corrected chi connectivity index (χ3v) is 2.06. The van der Waals surface area contributed by atoms with Crippen LogP contribution in [0.5, 0.6) is 0 Å². The lowest BCUT2D eigenvalue weighted by Crippen LogP contribution is -1.99. The predicted octanol–water partition coefficient (Wildman–Crippen LogP) is 2.19. The molecule has 1 aliphatic heterocycles.